The maximum absolute atomic E-state index is 12.5. The van der Waals surface area contributed by atoms with Gasteiger partial charge in [-0.05, 0) is 17.7 Å². The van der Waals surface area contributed by atoms with E-state index in [9.17, 15) is 9.18 Å². The van der Waals surface area contributed by atoms with Crippen LogP contribution in [0.4, 0.5) is 4.39 Å². The van der Waals surface area contributed by atoms with Gasteiger partial charge >= 0.3 is 5.97 Å². The minimum Gasteiger partial charge on any atom is -0.479 e. The molecule has 2 N–H and O–H groups in total. The average molecular weight is 170 g/mol. The first-order valence-corrected chi connectivity index (χ1v) is 3.27. The van der Waals surface area contributed by atoms with Crippen molar-refractivity contribution in [1.82, 2.24) is 0 Å². The summed E-state index contributed by atoms with van der Waals surface area (Å²) in [6.45, 7) is 0. The summed E-state index contributed by atoms with van der Waals surface area (Å²) in [7, 11) is 0. The minimum absolute atomic E-state index is 0.0440. The second kappa shape index (κ2) is 3.32. The first-order chi connectivity index (χ1) is 5.61. The quantitative estimate of drug-likeness (QED) is 0.694. The van der Waals surface area contributed by atoms with Crippen molar-refractivity contribution >= 4 is 5.97 Å². The lowest BCUT2D eigenvalue weighted by molar-refractivity contribution is -0.146. The lowest BCUT2D eigenvalue weighted by Crippen LogP contribution is -2.10. The molecule has 0 aliphatic heterocycles. The zero-order chi connectivity index (χ0) is 9.14. The van der Waals surface area contributed by atoms with Crippen LogP contribution in [0.3, 0.4) is 0 Å². The molecule has 3 nitrogen and oxygen atoms in total. The standard InChI is InChI=1S/C8H7FO3/c9-6-3-1-2-5(4-6)7(10)8(11)12/h1-4,7,10H,(H,11,12). The Kier molecular flexibility index (Phi) is 2.40. The van der Waals surface area contributed by atoms with E-state index in [0.717, 1.165) is 6.07 Å². The van der Waals surface area contributed by atoms with Crippen LogP contribution in [-0.4, -0.2) is 16.2 Å². The van der Waals surface area contributed by atoms with Crippen molar-refractivity contribution < 1.29 is 19.4 Å². The number of aliphatic hydroxyl groups excluding tert-OH is 1. The Morgan fingerprint density at radius 1 is 1.50 bits per heavy atom. The molecule has 0 aliphatic rings. The summed E-state index contributed by atoms with van der Waals surface area (Å²) >= 11 is 0. The monoisotopic (exact) mass is 170 g/mol. The van der Waals surface area contributed by atoms with Crippen LogP contribution >= 0.6 is 0 Å². The molecule has 0 saturated carbocycles. The highest BCUT2D eigenvalue weighted by molar-refractivity contribution is 5.73. The molecule has 4 heteroatoms. The Labute approximate surface area is 68.1 Å². The largest absolute Gasteiger partial charge is 0.479 e. The Balaban J connectivity index is 2.95. The molecule has 0 aromatic heterocycles. The molecule has 0 bridgehead atoms. The van der Waals surface area contributed by atoms with Crippen LogP contribution in [0.5, 0.6) is 0 Å². The maximum Gasteiger partial charge on any atom is 0.337 e. The molecule has 0 saturated heterocycles. The molecule has 0 spiro atoms. The van der Waals surface area contributed by atoms with E-state index in [-0.39, 0.29) is 5.56 Å². The third kappa shape index (κ3) is 1.79. The molecular weight excluding hydrogens is 163 g/mol. The fourth-order valence-corrected chi connectivity index (χ4v) is 0.819. The second-order valence-electron chi connectivity index (χ2n) is 2.30. The third-order valence-corrected chi connectivity index (χ3v) is 1.40. The van der Waals surface area contributed by atoms with E-state index in [0.29, 0.717) is 0 Å². The van der Waals surface area contributed by atoms with Gasteiger partial charge in [-0.3, -0.25) is 0 Å². The summed E-state index contributed by atoms with van der Waals surface area (Å²) < 4.78 is 12.5. The molecule has 0 fully saturated rings. The molecule has 1 atom stereocenters. The normalized spacial score (nSPS) is 12.5. The summed E-state index contributed by atoms with van der Waals surface area (Å²) in [5.74, 6) is -1.95. The van der Waals surface area contributed by atoms with E-state index in [4.69, 9.17) is 10.2 Å². The Bertz CT molecular complexity index is 298. The van der Waals surface area contributed by atoms with Gasteiger partial charge < -0.3 is 10.2 Å². The zero-order valence-corrected chi connectivity index (χ0v) is 6.07. The van der Waals surface area contributed by atoms with Gasteiger partial charge in [0.2, 0.25) is 0 Å². The van der Waals surface area contributed by atoms with Crippen LogP contribution in [0.25, 0.3) is 0 Å². The number of benzene rings is 1. The fraction of sp³-hybridized carbons (Fsp3) is 0.125. The van der Waals surface area contributed by atoms with Crippen LogP contribution in [0, 0.1) is 5.82 Å². The highest BCUT2D eigenvalue weighted by atomic mass is 19.1. The molecular formula is C8H7FO3. The van der Waals surface area contributed by atoms with Gasteiger partial charge in [-0.15, -0.1) is 0 Å². The van der Waals surface area contributed by atoms with Crippen molar-refractivity contribution in [2.45, 2.75) is 6.10 Å². The number of hydrogen-bond acceptors (Lipinski definition) is 2. The molecule has 1 aromatic rings. The third-order valence-electron chi connectivity index (χ3n) is 1.40. The van der Waals surface area contributed by atoms with Gasteiger partial charge in [-0.2, -0.15) is 0 Å². The van der Waals surface area contributed by atoms with Crippen LogP contribution in [0.1, 0.15) is 11.7 Å². The summed E-state index contributed by atoms with van der Waals surface area (Å²) in [6.07, 6.45) is -1.65. The molecule has 0 radical (unpaired) electrons. The van der Waals surface area contributed by atoms with Gasteiger partial charge in [0.1, 0.15) is 5.82 Å². The van der Waals surface area contributed by atoms with Gasteiger partial charge in [-0.25, -0.2) is 9.18 Å². The average Bonchev–Trinajstić information content (AvgIpc) is 2.03. The summed E-state index contributed by atoms with van der Waals surface area (Å²) in [5, 5.41) is 17.3. The summed E-state index contributed by atoms with van der Waals surface area (Å²) in [4.78, 5) is 10.2. The predicted octanol–water partition coefficient (Wildman–Crippen LogP) is 0.944. The van der Waals surface area contributed by atoms with Crippen molar-refractivity contribution in [2.24, 2.45) is 0 Å². The molecule has 0 aliphatic carbocycles. The number of halogens is 1. The lowest BCUT2D eigenvalue weighted by Gasteiger charge is -2.04. The summed E-state index contributed by atoms with van der Waals surface area (Å²) in [5.41, 5.74) is 0.0440. The van der Waals surface area contributed by atoms with E-state index >= 15 is 0 Å². The maximum atomic E-state index is 12.5. The number of aliphatic carboxylic acids is 1. The molecule has 0 amide bonds. The highest BCUT2D eigenvalue weighted by Gasteiger charge is 2.15. The Morgan fingerprint density at radius 2 is 2.17 bits per heavy atom. The number of hydrogen-bond donors (Lipinski definition) is 2. The number of carbonyl (C=O) groups is 1. The second-order valence-corrected chi connectivity index (χ2v) is 2.30. The Hall–Kier alpha value is -1.42. The minimum atomic E-state index is -1.65. The predicted molar refractivity (Wildman–Crippen MR) is 39.0 cm³/mol. The summed E-state index contributed by atoms with van der Waals surface area (Å²) in [6, 6.07) is 4.86. The van der Waals surface area contributed by atoms with Gasteiger partial charge in [0, 0.05) is 0 Å². The van der Waals surface area contributed by atoms with Crippen molar-refractivity contribution in [3.63, 3.8) is 0 Å². The molecule has 12 heavy (non-hydrogen) atoms. The van der Waals surface area contributed by atoms with Crippen LogP contribution < -0.4 is 0 Å². The first kappa shape index (κ1) is 8.67. The Morgan fingerprint density at radius 3 is 2.67 bits per heavy atom. The lowest BCUT2D eigenvalue weighted by atomic mass is 10.1. The number of rotatable bonds is 2. The van der Waals surface area contributed by atoms with Gasteiger partial charge in [0.05, 0.1) is 0 Å². The first-order valence-electron chi connectivity index (χ1n) is 3.27. The number of aliphatic hydroxyl groups is 1. The molecule has 1 rings (SSSR count). The van der Waals surface area contributed by atoms with Crippen LogP contribution in [0.2, 0.25) is 0 Å². The number of carboxylic acid groups (broad SMARTS) is 1. The number of carboxylic acids is 1. The van der Waals surface area contributed by atoms with Crippen molar-refractivity contribution in [1.29, 1.82) is 0 Å². The molecule has 1 unspecified atom stereocenters. The van der Waals surface area contributed by atoms with E-state index in [1.807, 2.05) is 0 Å². The fourth-order valence-electron chi connectivity index (χ4n) is 0.819. The smallest absolute Gasteiger partial charge is 0.337 e. The van der Waals surface area contributed by atoms with Crippen molar-refractivity contribution in [3.8, 4) is 0 Å². The van der Waals surface area contributed by atoms with Gasteiger partial charge in [-0.1, -0.05) is 12.1 Å². The molecule has 64 valence electrons. The zero-order valence-electron chi connectivity index (χ0n) is 6.07. The van der Waals surface area contributed by atoms with E-state index < -0.39 is 17.9 Å². The van der Waals surface area contributed by atoms with Gasteiger partial charge in [0.15, 0.2) is 6.10 Å². The molecule has 0 heterocycles. The van der Waals surface area contributed by atoms with Gasteiger partial charge in [0.25, 0.3) is 0 Å². The van der Waals surface area contributed by atoms with Crippen LogP contribution in [0.15, 0.2) is 24.3 Å². The van der Waals surface area contributed by atoms with E-state index in [1.54, 1.807) is 0 Å². The topological polar surface area (TPSA) is 57.5 Å². The van der Waals surface area contributed by atoms with Crippen molar-refractivity contribution in [2.75, 3.05) is 0 Å². The van der Waals surface area contributed by atoms with E-state index in [1.165, 1.54) is 18.2 Å². The highest BCUT2D eigenvalue weighted by Crippen LogP contribution is 2.13. The SMILES string of the molecule is O=C(O)C(O)c1cccc(F)c1. The van der Waals surface area contributed by atoms with E-state index in [2.05, 4.69) is 0 Å². The molecule has 1 aromatic carbocycles. The van der Waals surface area contributed by atoms with Crippen molar-refractivity contribution in [3.05, 3.63) is 35.6 Å². The van der Waals surface area contributed by atoms with Crippen LogP contribution in [-0.2, 0) is 4.79 Å².